The van der Waals surface area contributed by atoms with Crippen LogP contribution in [0.25, 0.3) is 6.08 Å². The maximum absolute atomic E-state index is 10.3. The summed E-state index contributed by atoms with van der Waals surface area (Å²) in [7, 11) is 0. The average molecular weight is 163 g/mol. The lowest BCUT2D eigenvalue weighted by molar-refractivity contribution is 0.209. The van der Waals surface area contributed by atoms with Crippen molar-refractivity contribution in [3.8, 4) is 0 Å². The van der Waals surface area contributed by atoms with Gasteiger partial charge in [0.25, 0.3) is 0 Å². The molecule has 0 aliphatic carbocycles. The van der Waals surface area contributed by atoms with Crippen LogP contribution in [0.1, 0.15) is 5.56 Å². The van der Waals surface area contributed by atoms with Crippen LogP contribution in [0.3, 0.4) is 0 Å². The number of amides is 1. The zero-order valence-electron chi connectivity index (χ0n) is 6.45. The summed E-state index contributed by atoms with van der Waals surface area (Å²) in [5.74, 6) is 0. The summed E-state index contributed by atoms with van der Waals surface area (Å²) in [5.41, 5.74) is 1.33. The highest BCUT2D eigenvalue weighted by atomic mass is 16.4. The van der Waals surface area contributed by atoms with E-state index in [1.54, 1.807) is 24.3 Å². The quantitative estimate of drug-likeness (QED) is 0.703. The second-order valence-electron chi connectivity index (χ2n) is 2.22. The van der Waals surface area contributed by atoms with Crippen molar-refractivity contribution in [1.29, 1.82) is 0 Å². The molecular formula is C9H9NO2. The molecular weight excluding hydrogens is 154 g/mol. The molecule has 1 aromatic rings. The Morgan fingerprint density at radius 2 is 2.17 bits per heavy atom. The van der Waals surface area contributed by atoms with Gasteiger partial charge in [0, 0.05) is 0 Å². The molecule has 0 unspecified atom stereocenters. The van der Waals surface area contributed by atoms with Crippen LogP contribution in [0.4, 0.5) is 10.5 Å². The predicted octanol–water partition coefficient (Wildman–Crippen LogP) is 2.42. The van der Waals surface area contributed by atoms with Crippen molar-refractivity contribution >= 4 is 17.9 Å². The molecule has 0 bridgehead atoms. The van der Waals surface area contributed by atoms with Crippen molar-refractivity contribution in [2.24, 2.45) is 0 Å². The van der Waals surface area contributed by atoms with Crippen LogP contribution in [0.15, 0.2) is 30.8 Å². The summed E-state index contributed by atoms with van der Waals surface area (Å²) in [5, 5.41) is 10.7. The molecule has 3 nitrogen and oxygen atoms in total. The third-order valence-corrected chi connectivity index (χ3v) is 1.42. The Labute approximate surface area is 70.3 Å². The van der Waals surface area contributed by atoms with Crippen LogP contribution in [0.5, 0.6) is 0 Å². The van der Waals surface area contributed by atoms with Gasteiger partial charge >= 0.3 is 6.09 Å². The summed E-state index contributed by atoms with van der Waals surface area (Å²) >= 11 is 0. The van der Waals surface area contributed by atoms with E-state index in [0.717, 1.165) is 5.56 Å². The molecule has 0 spiro atoms. The van der Waals surface area contributed by atoms with Crippen molar-refractivity contribution in [2.75, 3.05) is 5.32 Å². The van der Waals surface area contributed by atoms with Gasteiger partial charge in [-0.2, -0.15) is 0 Å². The van der Waals surface area contributed by atoms with E-state index in [1.165, 1.54) is 0 Å². The van der Waals surface area contributed by atoms with Gasteiger partial charge in [-0.25, -0.2) is 4.79 Å². The average Bonchev–Trinajstić information content (AvgIpc) is 2.04. The summed E-state index contributed by atoms with van der Waals surface area (Å²) in [6.45, 7) is 3.57. The van der Waals surface area contributed by atoms with E-state index in [1.807, 2.05) is 6.07 Å². The Bertz CT molecular complexity index is 307. The minimum absolute atomic E-state index is 0.556. The van der Waals surface area contributed by atoms with Gasteiger partial charge in [-0.1, -0.05) is 30.9 Å². The van der Waals surface area contributed by atoms with Crippen LogP contribution in [-0.2, 0) is 0 Å². The fourth-order valence-corrected chi connectivity index (χ4v) is 0.904. The van der Waals surface area contributed by atoms with E-state index in [9.17, 15) is 4.79 Å². The first-order valence-electron chi connectivity index (χ1n) is 3.45. The van der Waals surface area contributed by atoms with Crippen molar-refractivity contribution < 1.29 is 9.90 Å². The Morgan fingerprint density at radius 3 is 2.75 bits per heavy atom. The van der Waals surface area contributed by atoms with E-state index in [-0.39, 0.29) is 0 Å². The second kappa shape index (κ2) is 3.57. The maximum Gasteiger partial charge on any atom is 0.409 e. The lowest BCUT2D eigenvalue weighted by Crippen LogP contribution is -2.07. The van der Waals surface area contributed by atoms with Gasteiger partial charge in [0.15, 0.2) is 0 Å². The molecule has 3 heteroatoms. The van der Waals surface area contributed by atoms with Gasteiger partial charge in [-0.05, 0) is 11.6 Å². The van der Waals surface area contributed by atoms with E-state index in [0.29, 0.717) is 5.69 Å². The molecule has 0 aliphatic rings. The molecule has 12 heavy (non-hydrogen) atoms. The maximum atomic E-state index is 10.3. The molecule has 0 aromatic heterocycles. The second-order valence-corrected chi connectivity index (χ2v) is 2.22. The first-order chi connectivity index (χ1) is 5.74. The van der Waals surface area contributed by atoms with Crippen LogP contribution in [0, 0.1) is 0 Å². The van der Waals surface area contributed by atoms with Crippen molar-refractivity contribution in [1.82, 2.24) is 0 Å². The predicted molar refractivity (Wildman–Crippen MR) is 48.2 cm³/mol. The van der Waals surface area contributed by atoms with Crippen LogP contribution < -0.4 is 5.32 Å². The number of carboxylic acid groups (broad SMARTS) is 1. The standard InChI is InChI=1S/C9H9NO2/c1-2-7-5-3-4-6-8(7)10-9(11)12/h2-6,10H,1H2,(H,11,12). The molecule has 62 valence electrons. The minimum atomic E-state index is -1.07. The first-order valence-corrected chi connectivity index (χ1v) is 3.45. The summed E-state index contributed by atoms with van der Waals surface area (Å²) in [6, 6.07) is 7.06. The molecule has 1 amide bonds. The Kier molecular flexibility index (Phi) is 2.48. The summed E-state index contributed by atoms with van der Waals surface area (Å²) < 4.78 is 0. The van der Waals surface area contributed by atoms with Crippen molar-refractivity contribution in [2.45, 2.75) is 0 Å². The lowest BCUT2D eigenvalue weighted by Gasteiger charge is -2.03. The number of benzene rings is 1. The molecule has 0 radical (unpaired) electrons. The first kappa shape index (κ1) is 8.33. The fourth-order valence-electron chi connectivity index (χ4n) is 0.904. The number of hydrogen-bond acceptors (Lipinski definition) is 1. The van der Waals surface area contributed by atoms with Crippen molar-refractivity contribution in [3.05, 3.63) is 36.4 Å². The number of anilines is 1. The zero-order valence-corrected chi connectivity index (χ0v) is 6.45. The van der Waals surface area contributed by atoms with E-state index < -0.39 is 6.09 Å². The van der Waals surface area contributed by atoms with Crippen LogP contribution >= 0.6 is 0 Å². The van der Waals surface area contributed by atoms with Crippen molar-refractivity contribution in [3.63, 3.8) is 0 Å². The summed E-state index contributed by atoms with van der Waals surface area (Å²) in [6.07, 6.45) is 0.537. The topological polar surface area (TPSA) is 49.3 Å². The number of nitrogens with one attached hydrogen (secondary N) is 1. The van der Waals surface area contributed by atoms with Gasteiger partial charge in [0.2, 0.25) is 0 Å². The molecule has 2 N–H and O–H groups in total. The van der Waals surface area contributed by atoms with Gasteiger partial charge in [0.1, 0.15) is 0 Å². The molecule has 0 aliphatic heterocycles. The molecule has 0 atom stereocenters. The van der Waals surface area contributed by atoms with E-state index in [4.69, 9.17) is 5.11 Å². The van der Waals surface area contributed by atoms with E-state index in [2.05, 4.69) is 11.9 Å². The van der Waals surface area contributed by atoms with E-state index >= 15 is 0 Å². The molecule has 0 heterocycles. The molecule has 1 rings (SSSR count). The lowest BCUT2D eigenvalue weighted by atomic mass is 10.2. The SMILES string of the molecule is C=Cc1ccccc1NC(=O)O. The molecule has 0 saturated carbocycles. The molecule has 0 saturated heterocycles. The fraction of sp³-hybridized carbons (Fsp3) is 0. The molecule has 0 fully saturated rings. The monoisotopic (exact) mass is 163 g/mol. The Hall–Kier alpha value is -1.77. The minimum Gasteiger partial charge on any atom is -0.465 e. The summed E-state index contributed by atoms with van der Waals surface area (Å²) in [4.78, 5) is 10.3. The molecule has 1 aromatic carbocycles. The number of hydrogen-bond donors (Lipinski definition) is 2. The number of para-hydroxylation sites is 1. The number of rotatable bonds is 2. The Balaban J connectivity index is 2.96. The van der Waals surface area contributed by atoms with Gasteiger partial charge in [-0.3, -0.25) is 5.32 Å². The normalized spacial score (nSPS) is 9.00. The number of carbonyl (C=O) groups is 1. The van der Waals surface area contributed by atoms with Gasteiger partial charge in [0.05, 0.1) is 5.69 Å². The Morgan fingerprint density at radius 1 is 1.50 bits per heavy atom. The van der Waals surface area contributed by atoms with Gasteiger partial charge < -0.3 is 5.11 Å². The zero-order chi connectivity index (χ0) is 8.97. The van der Waals surface area contributed by atoms with Crippen LogP contribution in [0.2, 0.25) is 0 Å². The van der Waals surface area contributed by atoms with Crippen LogP contribution in [-0.4, -0.2) is 11.2 Å². The third-order valence-electron chi connectivity index (χ3n) is 1.42. The highest BCUT2D eigenvalue weighted by Crippen LogP contribution is 2.15. The largest absolute Gasteiger partial charge is 0.465 e. The highest BCUT2D eigenvalue weighted by molar-refractivity contribution is 5.86. The van der Waals surface area contributed by atoms with Gasteiger partial charge in [-0.15, -0.1) is 0 Å². The third kappa shape index (κ3) is 1.85. The highest BCUT2D eigenvalue weighted by Gasteiger charge is 1.99. The smallest absolute Gasteiger partial charge is 0.409 e.